The molecule has 1 aromatic carbocycles. The summed E-state index contributed by atoms with van der Waals surface area (Å²) in [6.45, 7) is 6.66. The van der Waals surface area contributed by atoms with Gasteiger partial charge in [0.1, 0.15) is 11.6 Å². The van der Waals surface area contributed by atoms with Gasteiger partial charge in [0, 0.05) is 6.07 Å². The molecule has 0 unspecified atom stereocenters. The maximum Gasteiger partial charge on any atom is 0.225 e. The zero-order valence-corrected chi connectivity index (χ0v) is 13.7. The van der Waals surface area contributed by atoms with Gasteiger partial charge in [0.05, 0.1) is 0 Å². The van der Waals surface area contributed by atoms with Crippen molar-refractivity contribution >= 4 is 17.6 Å². The molecule has 0 aliphatic heterocycles. The van der Waals surface area contributed by atoms with Gasteiger partial charge in [0.25, 0.3) is 0 Å². The molecule has 1 heterocycles. The summed E-state index contributed by atoms with van der Waals surface area (Å²) in [5.41, 5.74) is 7.21. The minimum atomic E-state index is 0.171. The van der Waals surface area contributed by atoms with Crippen molar-refractivity contribution in [3.8, 4) is 11.6 Å². The molecule has 2 rings (SSSR count). The molecule has 21 heavy (non-hydrogen) atoms. The Morgan fingerprint density at radius 3 is 2.43 bits per heavy atom. The van der Waals surface area contributed by atoms with Crippen molar-refractivity contribution < 1.29 is 4.74 Å². The van der Waals surface area contributed by atoms with Gasteiger partial charge in [0.2, 0.25) is 5.88 Å². The van der Waals surface area contributed by atoms with E-state index in [1.165, 1.54) is 17.3 Å². The molecule has 112 valence electrons. The zero-order chi connectivity index (χ0) is 15.5. The van der Waals surface area contributed by atoms with E-state index in [-0.39, 0.29) is 5.41 Å². The van der Waals surface area contributed by atoms with E-state index in [0.717, 1.165) is 12.2 Å². The molecule has 5 heteroatoms. The molecule has 0 saturated heterocycles. The Balaban J connectivity index is 2.19. The fourth-order valence-electron chi connectivity index (χ4n) is 1.86. The summed E-state index contributed by atoms with van der Waals surface area (Å²) < 4.78 is 5.76. The van der Waals surface area contributed by atoms with Crippen LogP contribution in [0, 0.1) is 0 Å². The minimum Gasteiger partial charge on any atom is -0.439 e. The molecule has 0 saturated carbocycles. The molecule has 4 nitrogen and oxygen atoms in total. The summed E-state index contributed by atoms with van der Waals surface area (Å²) >= 11 is 1.43. The highest BCUT2D eigenvalue weighted by atomic mass is 32.2. The smallest absolute Gasteiger partial charge is 0.225 e. The summed E-state index contributed by atoms with van der Waals surface area (Å²) in [5, 5.41) is 0.605. The average Bonchev–Trinajstić information content (AvgIpc) is 2.47. The van der Waals surface area contributed by atoms with Crippen LogP contribution in [0.1, 0.15) is 32.8 Å². The first-order chi connectivity index (χ1) is 9.94. The fraction of sp³-hybridized carbons (Fsp3) is 0.375. The Morgan fingerprint density at radius 2 is 1.86 bits per heavy atom. The van der Waals surface area contributed by atoms with Gasteiger partial charge in [-0.05, 0) is 35.8 Å². The predicted molar refractivity (Wildman–Crippen MR) is 88.1 cm³/mol. The third-order valence-electron chi connectivity index (χ3n) is 3.63. The van der Waals surface area contributed by atoms with Crippen LogP contribution in [0.25, 0.3) is 0 Å². The number of ether oxygens (including phenoxy) is 1. The molecule has 0 aliphatic carbocycles. The summed E-state index contributed by atoms with van der Waals surface area (Å²) in [6.07, 6.45) is 2.99. The average molecular weight is 303 g/mol. The molecule has 2 aromatic rings. The van der Waals surface area contributed by atoms with Crippen LogP contribution in [0.3, 0.4) is 0 Å². The molecule has 0 radical (unpaired) electrons. The summed E-state index contributed by atoms with van der Waals surface area (Å²) in [4.78, 5) is 8.39. The standard InChI is InChI=1S/C16H21N3OS/c1-5-16(2,3)11-6-8-12(9-7-11)20-14-10-13(17)18-15(19-14)21-4/h6-10H,5H2,1-4H3,(H2,17,18,19). The number of aromatic nitrogens is 2. The van der Waals surface area contributed by atoms with Crippen LogP contribution in [-0.2, 0) is 5.41 Å². The number of rotatable bonds is 5. The number of thioether (sulfide) groups is 1. The van der Waals surface area contributed by atoms with Crippen LogP contribution in [0.5, 0.6) is 11.6 Å². The maximum absolute atomic E-state index is 5.76. The predicted octanol–water partition coefficient (Wildman–Crippen LogP) is 4.26. The van der Waals surface area contributed by atoms with Gasteiger partial charge in [-0.25, -0.2) is 4.98 Å². The lowest BCUT2D eigenvalue weighted by Gasteiger charge is -2.23. The van der Waals surface area contributed by atoms with Crippen molar-refractivity contribution in [2.45, 2.75) is 37.8 Å². The Labute approximate surface area is 130 Å². The van der Waals surface area contributed by atoms with Crippen LogP contribution in [0.4, 0.5) is 5.82 Å². The molecular weight excluding hydrogens is 282 g/mol. The van der Waals surface area contributed by atoms with Crippen molar-refractivity contribution in [2.75, 3.05) is 12.0 Å². The lowest BCUT2D eigenvalue weighted by molar-refractivity contribution is 0.454. The minimum absolute atomic E-state index is 0.171. The second-order valence-electron chi connectivity index (χ2n) is 5.48. The van der Waals surface area contributed by atoms with Crippen LogP contribution in [0.2, 0.25) is 0 Å². The number of benzene rings is 1. The number of nitrogens with zero attached hydrogens (tertiary/aromatic N) is 2. The van der Waals surface area contributed by atoms with Gasteiger partial charge >= 0.3 is 0 Å². The topological polar surface area (TPSA) is 61.0 Å². The summed E-state index contributed by atoms with van der Waals surface area (Å²) in [7, 11) is 0. The van der Waals surface area contributed by atoms with E-state index < -0.39 is 0 Å². The zero-order valence-electron chi connectivity index (χ0n) is 12.9. The van der Waals surface area contributed by atoms with Crippen molar-refractivity contribution in [3.63, 3.8) is 0 Å². The number of nitrogen functional groups attached to an aromatic ring is 1. The number of nitrogens with two attached hydrogens (primary N) is 1. The van der Waals surface area contributed by atoms with Gasteiger partial charge in [-0.2, -0.15) is 4.98 Å². The van der Waals surface area contributed by atoms with E-state index in [9.17, 15) is 0 Å². The highest BCUT2D eigenvalue weighted by Crippen LogP contribution is 2.29. The summed E-state index contributed by atoms with van der Waals surface area (Å²) in [6, 6.07) is 9.74. The Hall–Kier alpha value is -1.75. The molecule has 0 amide bonds. The van der Waals surface area contributed by atoms with Crippen LogP contribution < -0.4 is 10.5 Å². The van der Waals surface area contributed by atoms with Crippen LogP contribution in [0.15, 0.2) is 35.5 Å². The van der Waals surface area contributed by atoms with Gasteiger partial charge in [-0.3, -0.25) is 0 Å². The lowest BCUT2D eigenvalue weighted by Crippen LogP contribution is -2.14. The third kappa shape index (κ3) is 3.88. The molecule has 1 aromatic heterocycles. The fourth-order valence-corrected chi connectivity index (χ4v) is 2.24. The highest BCUT2D eigenvalue weighted by Gasteiger charge is 2.17. The first-order valence-corrected chi connectivity index (χ1v) is 8.14. The second kappa shape index (κ2) is 6.35. The quantitative estimate of drug-likeness (QED) is 0.660. The van der Waals surface area contributed by atoms with E-state index in [4.69, 9.17) is 10.5 Å². The van der Waals surface area contributed by atoms with Gasteiger partial charge in [-0.1, -0.05) is 44.7 Å². The Kier molecular flexibility index (Phi) is 4.73. The molecular formula is C16H21N3OS. The van der Waals surface area contributed by atoms with Crippen molar-refractivity contribution in [2.24, 2.45) is 0 Å². The van der Waals surface area contributed by atoms with Crippen molar-refractivity contribution in [1.29, 1.82) is 0 Å². The van der Waals surface area contributed by atoms with Crippen LogP contribution in [-0.4, -0.2) is 16.2 Å². The van der Waals surface area contributed by atoms with E-state index >= 15 is 0 Å². The number of anilines is 1. The Bertz CT molecular complexity index is 611. The SMILES string of the molecule is CCC(C)(C)c1ccc(Oc2cc(N)nc(SC)n2)cc1. The molecule has 0 spiro atoms. The van der Waals surface area contributed by atoms with E-state index in [1.54, 1.807) is 6.07 Å². The van der Waals surface area contributed by atoms with Gasteiger partial charge in [0.15, 0.2) is 5.16 Å². The molecule has 0 aliphatic rings. The lowest BCUT2D eigenvalue weighted by atomic mass is 9.82. The monoisotopic (exact) mass is 303 g/mol. The van der Waals surface area contributed by atoms with Crippen molar-refractivity contribution in [1.82, 2.24) is 9.97 Å². The first kappa shape index (κ1) is 15.6. The molecule has 2 N–H and O–H groups in total. The van der Waals surface area contributed by atoms with E-state index in [2.05, 4.69) is 42.9 Å². The molecule has 0 atom stereocenters. The van der Waals surface area contributed by atoms with Crippen LogP contribution >= 0.6 is 11.8 Å². The first-order valence-electron chi connectivity index (χ1n) is 6.91. The maximum atomic E-state index is 5.76. The normalized spacial score (nSPS) is 11.4. The van der Waals surface area contributed by atoms with E-state index in [1.807, 2.05) is 18.4 Å². The summed E-state index contributed by atoms with van der Waals surface area (Å²) in [5.74, 6) is 1.62. The second-order valence-corrected chi connectivity index (χ2v) is 6.26. The van der Waals surface area contributed by atoms with Gasteiger partial charge in [-0.15, -0.1) is 0 Å². The van der Waals surface area contributed by atoms with E-state index in [0.29, 0.717) is 16.9 Å². The largest absolute Gasteiger partial charge is 0.439 e. The highest BCUT2D eigenvalue weighted by molar-refractivity contribution is 7.98. The number of hydrogen-bond donors (Lipinski definition) is 1. The Morgan fingerprint density at radius 1 is 1.19 bits per heavy atom. The van der Waals surface area contributed by atoms with Gasteiger partial charge < -0.3 is 10.5 Å². The third-order valence-corrected chi connectivity index (χ3v) is 4.17. The molecule has 0 fully saturated rings. The molecule has 0 bridgehead atoms. The number of hydrogen-bond acceptors (Lipinski definition) is 5. The van der Waals surface area contributed by atoms with Crippen molar-refractivity contribution in [3.05, 3.63) is 35.9 Å².